The highest BCUT2D eigenvalue weighted by Crippen LogP contribution is 2.44. The van der Waals surface area contributed by atoms with Crippen LogP contribution in [0.25, 0.3) is 0 Å². The topological polar surface area (TPSA) is 137 Å². The highest BCUT2D eigenvalue weighted by molar-refractivity contribution is 6.02. The number of hydrogen-bond acceptors (Lipinski definition) is 12. The van der Waals surface area contributed by atoms with Gasteiger partial charge in [-0.25, -0.2) is 0 Å². The van der Waals surface area contributed by atoms with Gasteiger partial charge in [0.25, 0.3) is 5.91 Å². The fourth-order valence-corrected chi connectivity index (χ4v) is 6.47. The summed E-state index contributed by atoms with van der Waals surface area (Å²) in [6, 6.07) is 20.6. The summed E-state index contributed by atoms with van der Waals surface area (Å²) in [7, 11) is 9.54. The third-order valence-electron chi connectivity index (χ3n) is 9.33. The Kier molecular flexibility index (Phi) is 12.4. The van der Waals surface area contributed by atoms with Crippen LogP contribution < -0.4 is 48.5 Å². The average molecular weight is 742 g/mol. The van der Waals surface area contributed by atoms with Gasteiger partial charge in [-0.1, -0.05) is 23.4 Å². The van der Waals surface area contributed by atoms with Gasteiger partial charge >= 0.3 is 0 Å². The van der Waals surface area contributed by atoms with E-state index in [1.54, 1.807) is 48.7 Å². The number of rotatable bonds is 18. The Morgan fingerprint density at radius 2 is 1.24 bits per heavy atom. The molecular weight excluding hydrogens is 694 g/mol. The van der Waals surface area contributed by atoms with Crippen molar-refractivity contribution in [2.75, 3.05) is 61.2 Å². The van der Waals surface area contributed by atoms with Crippen LogP contribution in [0.3, 0.4) is 0 Å². The van der Waals surface area contributed by atoms with E-state index in [0.717, 1.165) is 53.8 Å². The van der Waals surface area contributed by atoms with Crippen molar-refractivity contribution in [3.63, 3.8) is 0 Å². The van der Waals surface area contributed by atoms with E-state index in [0.29, 0.717) is 71.2 Å². The zero-order chi connectivity index (χ0) is 38.0. The lowest BCUT2D eigenvalue weighted by Crippen LogP contribution is -2.38. The molecule has 4 aromatic carbocycles. The fourth-order valence-electron chi connectivity index (χ4n) is 6.47. The lowest BCUT2D eigenvalue weighted by molar-refractivity contribution is 0.0853. The van der Waals surface area contributed by atoms with Crippen molar-refractivity contribution in [3.8, 4) is 46.0 Å². The number of oxime groups is 1. The van der Waals surface area contributed by atoms with Crippen LogP contribution in [0.1, 0.15) is 71.4 Å². The van der Waals surface area contributed by atoms with E-state index in [1.807, 2.05) is 60.7 Å². The van der Waals surface area contributed by atoms with Crippen LogP contribution in [0.15, 0.2) is 71.9 Å². The first-order valence-corrected chi connectivity index (χ1v) is 17.8. The van der Waals surface area contributed by atoms with Gasteiger partial charge < -0.3 is 53.4 Å². The van der Waals surface area contributed by atoms with Gasteiger partial charge in [-0.15, -0.1) is 0 Å². The quantitative estimate of drug-likeness (QED) is 0.0983. The van der Waals surface area contributed by atoms with Crippen LogP contribution in [-0.2, 0) is 4.84 Å². The predicted octanol–water partition coefficient (Wildman–Crippen LogP) is 7.48. The van der Waals surface area contributed by atoms with E-state index in [9.17, 15) is 4.79 Å². The number of para-hydroxylation sites is 1. The number of amides is 1. The number of anilines is 1. The van der Waals surface area contributed by atoms with E-state index in [4.69, 9.17) is 42.7 Å². The molecule has 2 unspecified atom stereocenters. The summed E-state index contributed by atoms with van der Waals surface area (Å²) in [5.41, 5.74) is 4.68. The molecule has 1 amide bonds. The van der Waals surface area contributed by atoms with Gasteiger partial charge in [-0.05, 0) is 79.8 Å². The summed E-state index contributed by atoms with van der Waals surface area (Å²) in [6.45, 7) is 1.03. The minimum Gasteiger partial charge on any atom is -0.493 e. The Morgan fingerprint density at radius 3 is 1.89 bits per heavy atom. The molecule has 286 valence electrons. The summed E-state index contributed by atoms with van der Waals surface area (Å²) in [6.07, 6.45) is 3.41. The van der Waals surface area contributed by atoms with E-state index in [1.165, 1.54) is 0 Å². The average Bonchev–Trinajstić information content (AvgIpc) is 3.71. The molecule has 13 nitrogen and oxygen atoms in total. The van der Waals surface area contributed by atoms with Crippen LogP contribution in [0.2, 0.25) is 0 Å². The molecule has 6 rings (SSSR count). The van der Waals surface area contributed by atoms with Crippen molar-refractivity contribution in [2.45, 2.75) is 44.4 Å². The zero-order valence-electron chi connectivity index (χ0n) is 31.5. The molecule has 0 spiro atoms. The SMILES string of the molecule is COc1cc(C2NC(=O)c3ccccc3N2)ccc1OCCCCCCOc1c(OC)cc(C2=NOC(c3cc(OC)c(OC)c(OC)c3)C2)cc1OC. The van der Waals surface area contributed by atoms with Crippen LogP contribution in [-0.4, -0.2) is 67.5 Å². The third-order valence-corrected chi connectivity index (χ3v) is 9.33. The summed E-state index contributed by atoms with van der Waals surface area (Å²) in [4.78, 5) is 18.4. The number of carbonyl (C=O) groups excluding carboxylic acids is 1. The molecule has 2 aliphatic heterocycles. The number of ether oxygens (including phenoxy) is 8. The van der Waals surface area contributed by atoms with Crippen molar-refractivity contribution in [1.29, 1.82) is 0 Å². The van der Waals surface area contributed by atoms with E-state index < -0.39 is 0 Å². The van der Waals surface area contributed by atoms with Crippen LogP contribution in [0.4, 0.5) is 5.69 Å². The lowest BCUT2D eigenvalue weighted by Gasteiger charge is -2.28. The maximum Gasteiger partial charge on any atom is 0.255 e. The number of fused-ring (bicyclic) bond motifs is 1. The molecule has 0 aliphatic carbocycles. The van der Waals surface area contributed by atoms with Crippen molar-refractivity contribution in [3.05, 3.63) is 89.0 Å². The molecule has 0 saturated heterocycles. The second kappa shape index (κ2) is 17.7. The third kappa shape index (κ3) is 8.30. The first kappa shape index (κ1) is 37.8. The maximum atomic E-state index is 12.6. The Morgan fingerprint density at radius 1 is 0.630 bits per heavy atom. The summed E-state index contributed by atoms with van der Waals surface area (Å²) < 4.78 is 45.8. The second-order valence-corrected chi connectivity index (χ2v) is 12.6. The minimum absolute atomic E-state index is 0.121. The summed E-state index contributed by atoms with van der Waals surface area (Å²) in [5.74, 6) is 4.37. The molecule has 0 saturated carbocycles. The molecule has 0 bridgehead atoms. The molecule has 2 aliphatic rings. The highest BCUT2D eigenvalue weighted by atomic mass is 16.6. The number of carbonyl (C=O) groups is 1. The molecule has 0 aromatic heterocycles. The molecule has 2 N–H and O–H groups in total. The molecule has 0 radical (unpaired) electrons. The molecule has 13 heteroatoms. The minimum atomic E-state index is -0.374. The van der Waals surface area contributed by atoms with Crippen molar-refractivity contribution in [1.82, 2.24) is 5.32 Å². The van der Waals surface area contributed by atoms with Crippen LogP contribution in [0, 0.1) is 0 Å². The number of nitrogens with one attached hydrogen (secondary N) is 2. The van der Waals surface area contributed by atoms with Gasteiger partial charge in [0.15, 0.2) is 40.6 Å². The monoisotopic (exact) mass is 741 g/mol. The number of benzene rings is 4. The van der Waals surface area contributed by atoms with E-state index in [-0.39, 0.29) is 18.2 Å². The molecule has 2 atom stereocenters. The Hall–Kier alpha value is -5.98. The van der Waals surface area contributed by atoms with Gasteiger partial charge in [0.2, 0.25) is 11.5 Å². The molecular formula is C41H47N3O10. The van der Waals surface area contributed by atoms with Crippen molar-refractivity contribution in [2.24, 2.45) is 5.16 Å². The Balaban J connectivity index is 0.968. The molecule has 54 heavy (non-hydrogen) atoms. The Labute approximate surface area is 315 Å². The smallest absolute Gasteiger partial charge is 0.255 e. The first-order valence-electron chi connectivity index (χ1n) is 17.8. The second-order valence-electron chi connectivity index (χ2n) is 12.6. The number of unbranched alkanes of at least 4 members (excludes halogenated alkanes) is 3. The van der Waals surface area contributed by atoms with Gasteiger partial charge in [0.05, 0.1) is 67.1 Å². The van der Waals surface area contributed by atoms with Gasteiger partial charge in [-0.2, -0.15) is 0 Å². The Bertz CT molecular complexity index is 1920. The van der Waals surface area contributed by atoms with E-state index in [2.05, 4.69) is 15.8 Å². The van der Waals surface area contributed by atoms with Gasteiger partial charge in [0.1, 0.15) is 6.17 Å². The largest absolute Gasteiger partial charge is 0.493 e. The molecule has 0 fully saturated rings. The number of hydrogen-bond donors (Lipinski definition) is 2. The lowest BCUT2D eigenvalue weighted by atomic mass is 9.99. The fraction of sp³-hybridized carbons (Fsp3) is 0.366. The molecule has 2 heterocycles. The summed E-state index contributed by atoms with van der Waals surface area (Å²) >= 11 is 0. The highest BCUT2D eigenvalue weighted by Gasteiger charge is 2.29. The van der Waals surface area contributed by atoms with Crippen LogP contribution in [0.5, 0.6) is 46.0 Å². The number of methoxy groups -OCH3 is 6. The van der Waals surface area contributed by atoms with E-state index >= 15 is 0 Å². The maximum absolute atomic E-state index is 12.6. The predicted molar refractivity (Wildman–Crippen MR) is 203 cm³/mol. The van der Waals surface area contributed by atoms with Crippen molar-refractivity contribution >= 4 is 17.3 Å². The van der Waals surface area contributed by atoms with Crippen LogP contribution >= 0.6 is 0 Å². The standard InChI is InChI=1S/C41H47N3O10/c1-46-33-19-25(40-42-29-14-10-9-13-28(29)41(45)43-40)15-16-31(33)52-17-11-7-8-12-18-53-39-36(49-4)20-26(21-37(39)50-5)30-24-32(54-44-30)27-22-34(47-2)38(51-6)35(23-27)48-3/h9-10,13-16,19-23,32,40,42H,7-8,11-12,17-18,24H2,1-6H3,(H,43,45). The first-order chi connectivity index (χ1) is 26.4. The molecule has 4 aromatic rings. The number of nitrogens with zero attached hydrogens (tertiary/aromatic N) is 1. The van der Waals surface area contributed by atoms with Gasteiger partial charge in [0, 0.05) is 23.2 Å². The van der Waals surface area contributed by atoms with Crippen molar-refractivity contribution < 1.29 is 47.5 Å². The normalized spacial score (nSPS) is 15.8. The zero-order valence-corrected chi connectivity index (χ0v) is 31.5. The van der Waals surface area contributed by atoms with Gasteiger partial charge in [-0.3, -0.25) is 4.79 Å². The summed E-state index contributed by atoms with van der Waals surface area (Å²) in [5, 5.41) is 10.8.